The van der Waals surface area contributed by atoms with Gasteiger partial charge in [-0.25, -0.2) is 9.37 Å². The third-order valence-corrected chi connectivity index (χ3v) is 4.88. The van der Waals surface area contributed by atoms with Crippen LogP contribution < -0.4 is 9.64 Å². The lowest BCUT2D eigenvalue weighted by molar-refractivity contribution is 0.386. The first-order valence-electron chi connectivity index (χ1n) is 7.56. The zero-order valence-corrected chi connectivity index (χ0v) is 14.2. The summed E-state index contributed by atoms with van der Waals surface area (Å²) < 4.78 is 21.2. The summed E-state index contributed by atoms with van der Waals surface area (Å²) in [5, 5.41) is 2.10. The molecule has 24 heavy (non-hydrogen) atoms. The molecule has 2 aromatic heterocycles. The van der Waals surface area contributed by atoms with Gasteiger partial charge in [-0.15, -0.1) is 11.8 Å². The van der Waals surface area contributed by atoms with Gasteiger partial charge >= 0.3 is 0 Å². The molecule has 3 aromatic rings. The van der Waals surface area contributed by atoms with Crippen molar-refractivity contribution >= 4 is 28.8 Å². The molecule has 0 N–H and O–H groups in total. The molecule has 0 saturated carbocycles. The summed E-state index contributed by atoms with van der Waals surface area (Å²) >= 11 is 1.69. The van der Waals surface area contributed by atoms with Gasteiger partial charge in [0.15, 0.2) is 11.6 Å². The summed E-state index contributed by atoms with van der Waals surface area (Å²) in [7, 11) is 1.47. The molecular formula is C18H16FN3OS. The van der Waals surface area contributed by atoms with Crippen LogP contribution in [0.3, 0.4) is 0 Å². The van der Waals surface area contributed by atoms with E-state index in [1.165, 1.54) is 13.2 Å². The van der Waals surface area contributed by atoms with Gasteiger partial charge in [-0.1, -0.05) is 6.07 Å². The smallest absolute Gasteiger partial charge is 0.167 e. The number of methoxy groups -OCH3 is 1. The van der Waals surface area contributed by atoms with Crippen LogP contribution in [0, 0.1) is 12.7 Å². The third kappa shape index (κ3) is 2.34. The van der Waals surface area contributed by atoms with Gasteiger partial charge in [-0.3, -0.25) is 4.40 Å². The highest BCUT2D eigenvalue weighted by Gasteiger charge is 2.24. The van der Waals surface area contributed by atoms with Gasteiger partial charge in [0.1, 0.15) is 5.65 Å². The van der Waals surface area contributed by atoms with E-state index >= 15 is 0 Å². The normalized spacial score (nSPS) is 14.3. The van der Waals surface area contributed by atoms with Crippen molar-refractivity contribution < 1.29 is 9.13 Å². The molecule has 0 saturated heterocycles. The summed E-state index contributed by atoms with van der Waals surface area (Å²) in [5.41, 5.74) is 4.72. The van der Waals surface area contributed by atoms with Crippen molar-refractivity contribution in [2.45, 2.75) is 6.92 Å². The van der Waals surface area contributed by atoms with Crippen LogP contribution in [0.4, 0.5) is 10.1 Å². The Morgan fingerprint density at radius 1 is 1.25 bits per heavy atom. The highest BCUT2D eigenvalue weighted by Crippen LogP contribution is 2.38. The standard InChI is InChI=1S/C18H16FN3OS/c1-12-18(21-8-4-3-5-17(21)20-12)15-10-24-11-22(15)13-6-7-16(23-2)14(19)9-13/h3-10H,11H2,1-2H3. The van der Waals surface area contributed by atoms with Gasteiger partial charge in [0.2, 0.25) is 0 Å². The maximum absolute atomic E-state index is 14.1. The molecule has 0 radical (unpaired) electrons. The van der Waals surface area contributed by atoms with E-state index in [0.717, 1.165) is 34.3 Å². The highest BCUT2D eigenvalue weighted by molar-refractivity contribution is 8.02. The number of thioether (sulfide) groups is 1. The lowest BCUT2D eigenvalue weighted by Gasteiger charge is -2.22. The number of benzene rings is 1. The van der Waals surface area contributed by atoms with Gasteiger partial charge in [0.05, 0.1) is 30.1 Å². The number of imidazole rings is 1. The maximum atomic E-state index is 14.1. The van der Waals surface area contributed by atoms with E-state index in [9.17, 15) is 4.39 Å². The fourth-order valence-corrected chi connectivity index (χ4v) is 3.87. The summed E-state index contributed by atoms with van der Waals surface area (Å²) in [6.07, 6.45) is 2.00. The van der Waals surface area contributed by atoms with E-state index in [2.05, 4.69) is 19.7 Å². The molecule has 0 fully saturated rings. The van der Waals surface area contributed by atoms with Crippen LogP contribution in [0.5, 0.6) is 5.75 Å². The minimum Gasteiger partial charge on any atom is -0.494 e. The highest BCUT2D eigenvalue weighted by atomic mass is 32.2. The second kappa shape index (κ2) is 5.87. The van der Waals surface area contributed by atoms with Crippen molar-refractivity contribution in [3.8, 4) is 5.75 Å². The first-order valence-corrected chi connectivity index (χ1v) is 8.61. The molecule has 0 unspecified atom stereocenters. The van der Waals surface area contributed by atoms with Crippen LogP contribution in [0.1, 0.15) is 11.4 Å². The number of hydrogen-bond acceptors (Lipinski definition) is 4. The minimum atomic E-state index is -0.360. The Morgan fingerprint density at radius 3 is 2.92 bits per heavy atom. The third-order valence-electron chi connectivity index (χ3n) is 4.08. The molecule has 1 aliphatic heterocycles. The van der Waals surface area contributed by atoms with Crippen molar-refractivity contribution in [1.82, 2.24) is 9.38 Å². The van der Waals surface area contributed by atoms with Crippen LogP contribution in [0.15, 0.2) is 48.0 Å². The Hall–Kier alpha value is -2.47. The Morgan fingerprint density at radius 2 is 2.12 bits per heavy atom. The lowest BCUT2D eigenvalue weighted by atomic mass is 10.2. The summed E-state index contributed by atoms with van der Waals surface area (Å²) in [6.45, 7) is 2.00. The van der Waals surface area contributed by atoms with E-state index in [0.29, 0.717) is 0 Å². The number of ether oxygens (including phenoxy) is 1. The van der Waals surface area contributed by atoms with E-state index < -0.39 is 0 Å². The average Bonchev–Trinajstić information content (AvgIpc) is 3.17. The number of hydrogen-bond donors (Lipinski definition) is 0. The average molecular weight is 341 g/mol. The minimum absolute atomic E-state index is 0.252. The molecular weight excluding hydrogens is 325 g/mol. The molecule has 122 valence electrons. The zero-order valence-electron chi connectivity index (χ0n) is 13.4. The summed E-state index contributed by atoms with van der Waals surface area (Å²) in [4.78, 5) is 6.72. The lowest BCUT2D eigenvalue weighted by Crippen LogP contribution is -2.18. The van der Waals surface area contributed by atoms with Crippen molar-refractivity contribution in [3.63, 3.8) is 0 Å². The molecule has 0 spiro atoms. The van der Waals surface area contributed by atoms with E-state index in [1.54, 1.807) is 17.8 Å². The van der Waals surface area contributed by atoms with Gasteiger partial charge in [0.25, 0.3) is 0 Å². The molecule has 0 bridgehead atoms. The molecule has 6 heteroatoms. The molecule has 0 atom stereocenters. The van der Waals surface area contributed by atoms with Crippen LogP contribution >= 0.6 is 11.8 Å². The fourth-order valence-electron chi connectivity index (χ4n) is 2.97. The monoisotopic (exact) mass is 341 g/mol. The molecule has 3 heterocycles. The summed E-state index contributed by atoms with van der Waals surface area (Å²) in [6, 6.07) is 11.0. The largest absolute Gasteiger partial charge is 0.494 e. The number of rotatable bonds is 3. The first-order chi connectivity index (χ1) is 11.7. The van der Waals surface area contributed by atoms with Crippen LogP contribution in [-0.2, 0) is 0 Å². The molecule has 0 amide bonds. The Kier molecular flexibility index (Phi) is 3.69. The van der Waals surface area contributed by atoms with E-state index in [1.807, 2.05) is 37.4 Å². The van der Waals surface area contributed by atoms with Crippen LogP contribution in [0.2, 0.25) is 0 Å². The van der Waals surface area contributed by atoms with E-state index in [4.69, 9.17) is 4.74 Å². The van der Waals surface area contributed by atoms with Crippen LogP contribution in [0.25, 0.3) is 11.3 Å². The number of anilines is 1. The second-order valence-corrected chi connectivity index (χ2v) is 6.35. The summed E-state index contributed by atoms with van der Waals surface area (Å²) in [5.74, 6) is 0.629. The maximum Gasteiger partial charge on any atom is 0.167 e. The number of aryl methyl sites for hydroxylation is 1. The second-order valence-electron chi connectivity index (χ2n) is 5.52. The predicted molar refractivity (Wildman–Crippen MR) is 95.8 cm³/mol. The predicted octanol–water partition coefficient (Wildman–Crippen LogP) is 4.30. The molecule has 4 nitrogen and oxygen atoms in total. The first kappa shape index (κ1) is 15.1. The molecule has 1 aliphatic rings. The topological polar surface area (TPSA) is 29.8 Å². The molecule has 4 rings (SSSR count). The van der Waals surface area contributed by atoms with Crippen molar-refractivity contribution in [3.05, 3.63) is 65.2 Å². The number of fused-ring (bicyclic) bond motifs is 1. The Labute approximate surface area is 143 Å². The van der Waals surface area contributed by atoms with Gasteiger partial charge in [-0.2, -0.15) is 0 Å². The van der Waals surface area contributed by atoms with Crippen LogP contribution in [-0.4, -0.2) is 22.4 Å². The van der Waals surface area contributed by atoms with Gasteiger partial charge in [0, 0.05) is 18.0 Å². The molecule has 0 aliphatic carbocycles. The fraction of sp³-hybridized carbons (Fsp3) is 0.167. The number of aromatic nitrogens is 2. The van der Waals surface area contributed by atoms with E-state index in [-0.39, 0.29) is 11.6 Å². The molecule has 1 aromatic carbocycles. The number of nitrogens with zero attached hydrogens (tertiary/aromatic N) is 3. The number of pyridine rings is 1. The Bertz CT molecular complexity index is 951. The van der Waals surface area contributed by atoms with Crippen molar-refractivity contribution in [2.24, 2.45) is 0 Å². The quantitative estimate of drug-likeness (QED) is 0.710. The SMILES string of the molecule is COc1ccc(N2CSC=C2c2c(C)nc3ccccn23)cc1F. The zero-order chi connectivity index (χ0) is 16.7. The van der Waals surface area contributed by atoms with Gasteiger partial charge < -0.3 is 9.64 Å². The van der Waals surface area contributed by atoms with Crippen molar-refractivity contribution in [1.29, 1.82) is 0 Å². The number of halogens is 1. The van der Waals surface area contributed by atoms with Gasteiger partial charge in [-0.05, 0) is 36.6 Å². The Balaban J connectivity index is 1.80. The van der Waals surface area contributed by atoms with Crippen molar-refractivity contribution in [2.75, 3.05) is 17.9 Å².